The maximum absolute atomic E-state index is 10.3. The summed E-state index contributed by atoms with van der Waals surface area (Å²) in [7, 11) is 0. The zero-order chi connectivity index (χ0) is 11.5. The Balaban J connectivity index is 2.61. The number of halogens is 3. The molecule has 0 saturated carbocycles. The zero-order valence-electron chi connectivity index (χ0n) is 7.32. The Labute approximate surface area is 101 Å². The van der Waals surface area contributed by atoms with Crippen LogP contribution in [-0.2, 0) is 11.3 Å². The summed E-state index contributed by atoms with van der Waals surface area (Å²) in [4.78, 5) is 9.85. The van der Waals surface area contributed by atoms with E-state index in [4.69, 9.17) is 39.5 Å². The van der Waals surface area contributed by atoms with Crippen LogP contribution in [0.3, 0.4) is 0 Å². The first-order valence-corrected chi connectivity index (χ1v) is 4.96. The van der Waals surface area contributed by atoms with Crippen molar-refractivity contribution in [1.29, 1.82) is 0 Å². The van der Waals surface area contributed by atoms with Crippen LogP contribution < -0.4 is 0 Å². The second-order valence-corrected chi connectivity index (χ2v) is 4.84. The second kappa shape index (κ2) is 4.99. The van der Waals surface area contributed by atoms with Gasteiger partial charge in [0.1, 0.15) is 0 Å². The lowest BCUT2D eigenvalue weighted by Gasteiger charge is -2.11. The average Bonchev–Trinajstić information content (AvgIpc) is 2.14. The molecule has 4 nitrogen and oxygen atoms in total. The summed E-state index contributed by atoms with van der Waals surface area (Å²) in [5.41, 5.74) is 0.694. The highest BCUT2D eigenvalue weighted by Gasteiger charge is 2.20. The Morgan fingerprint density at radius 3 is 2.20 bits per heavy atom. The van der Waals surface area contributed by atoms with Gasteiger partial charge in [0.25, 0.3) is 9.67 Å². The fourth-order valence-corrected chi connectivity index (χ4v) is 1.04. The van der Waals surface area contributed by atoms with Gasteiger partial charge in [0.15, 0.2) is 0 Å². The molecule has 0 aromatic heterocycles. The van der Waals surface area contributed by atoms with E-state index in [1.54, 1.807) is 0 Å². The SMILES string of the molecule is O=[N+]([O-])c1ccc(COC(Cl)(Cl)Cl)cc1. The number of ether oxygens (including phenoxy) is 1. The van der Waals surface area contributed by atoms with Crippen molar-refractivity contribution in [1.82, 2.24) is 0 Å². The van der Waals surface area contributed by atoms with E-state index in [0.29, 0.717) is 5.56 Å². The highest BCUT2D eigenvalue weighted by atomic mass is 35.6. The van der Waals surface area contributed by atoms with Crippen LogP contribution in [0.1, 0.15) is 5.56 Å². The fraction of sp³-hybridized carbons (Fsp3) is 0.250. The Morgan fingerprint density at radius 2 is 1.80 bits per heavy atom. The summed E-state index contributed by atoms with van der Waals surface area (Å²) in [6, 6.07) is 5.79. The first-order valence-electron chi connectivity index (χ1n) is 3.82. The van der Waals surface area contributed by atoms with Gasteiger partial charge in [0, 0.05) is 12.1 Å². The van der Waals surface area contributed by atoms with Crippen molar-refractivity contribution in [3.63, 3.8) is 0 Å². The molecule has 0 aliphatic rings. The monoisotopic (exact) mass is 269 g/mol. The molecule has 0 fully saturated rings. The van der Waals surface area contributed by atoms with Gasteiger partial charge in [-0.2, -0.15) is 0 Å². The molecule has 1 aromatic rings. The quantitative estimate of drug-likeness (QED) is 0.480. The highest BCUT2D eigenvalue weighted by Crippen LogP contribution is 2.28. The summed E-state index contributed by atoms with van der Waals surface area (Å²) in [6.45, 7) is 0.0779. The molecule has 0 spiro atoms. The normalized spacial score (nSPS) is 11.4. The predicted molar refractivity (Wildman–Crippen MR) is 58.2 cm³/mol. The van der Waals surface area contributed by atoms with Gasteiger partial charge >= 0.3 is 0 Å². The van der Waals surface area contributed by atoms with E-state index in [0.717, 1.165) is 0 Å². The number of benzene rings is 1. The third kappa shape index (κ3) is 4.66. The maximum Gasteiger partial charge on any atom is 0.297 e. The van der Waals surface area contributed by atoms with Gasteiger partial charge in [-0.15, -0.1) is 0 Å². The van der Waals surface area contributed by atoms with Gasteiger partial charge in [0.2, 0.25) is 0 Å². The molecule has 0 amide bonds. The summed E-state index contributed by atoms with van der Waals surface area (Å²) in [6.07, 6.45) is 0. The molecule has 0 atom stereocenters. The molecule has 0 unspecified atom stereocenters. The number of nitro groups is 1. The van der Waals surface area contributed by atoms with Crippen molar-refractivity contribution in [3.05, 3.63) is 39.9 Å². The lowest BCUT2D eigenvalue weighted by Crippen LogP contribution is -2.08. The van der Waals surface area contributed by atoms with Gasteiger partial charge in [-0.05, 0) is 17.7 Å². The predicted octanol–water partition coefficient (Wildman–Crippen LogP) is 3.44. The first kappa shape index (κ1) is 12.5. The molecule has 0 heterocycles. The van der Waals surface area contributed by atoms with Gasteiger partial charge in [0.05, 0.1) is 11.5 Å². The number of alkyl halides is 3. The van der Waals surface area contributed by atoms with Crippen LogP contribution in [-0.4, -0.2) is 8.90 Å². The smallest absolute Gasteiger partial charge is 0.297 e. The van der Waals surface area contributed by atoms with Crippen molar-refractivity contribution < 1.29 is 9.66 Å². The summed E-state index contributed by atoms with van der Waals surface area (Å²) in [5, 5.41) is 10.3. The summed E-state index contributed by atoms with van der Waals surface area (Å²) < 4.78 is 3.07. The number of non-ortho nitro benzene ring substituents is 1. The topological polar surface area (TPSA) is 52.4 Å². The van der Waals surface area contributed by atoms with E-state index in [2.05, 4.69) is 0 Å². The Bertz CT molecular complexity index is 347. The van der Waals surface area contributed by atoms with Crippen LogP contribution in [0, 0.1) is 10.1 Å². The van der Waals surface area contributed by atoms with Crippen LogP contribution in [0.25, 0.3) is 0 Å². The number of hydrogen-bond acceptors (Lipinski definition) is 3. The van der Waals surface area contributed by atoms with E-state index < -0.39 is 8.90 Å². The maximum atomic E-state index is 10.3. The van der Waals surface area contributed by atoms with Crippen molar-refractivity contribution in [2.45, 2.75) is 10.6 Å². The van der Waals surface area contributed by atoms with E-state index in [1.807, 2.05) is 0 Å². The Morgan fingerprint density at radius 1 is 1.27 bits per heavy atom. The lowest BCUT2D eigenvalue weighted by atomic mass is 10.2. The fourth-order valence-electron chi connectivity index (χ4n) is 0.879. The van der Waals surface area contributed by atoms with Crippen LogP contribution in [0.5, 0.6) is 0 Å². The minimum atomic E-state index is -1.78. The minimum Gasteiger partial charge on any atom is -0.330 e. The van der Waals surface area contributed by atoms with Crippen LogP contribution in [0.2, 0.25) is 0 Å². The Hall–Kier alpha value is -0.550. The molecular formula is C8H6Cl3NO3. The first-order chi connectivity index (χ1) is 6.88. The molecule has 0 radical (unpaired) electrons. The largest absolute Gasteiger partial charge is 0.330 e. The summed E-state index contributed by atoms with van der Waals surface area (Å²) in [5.74, 6) is 0. The molecule has 0 saturated heterocycles. The number of nitrogens with zero attached hydrogens (tertiary/aromatic N) is 1. The second-order valence-electron chi connectivity index (χ2n) is 2.66. The van der Waals surface area contributed by atoms with Crippen molar-refractivity contribution in [3.8, 4) is 0 Å². The van der Waals surface area contributed by atoms with E-state index in [9.17, 15) is 10.1 Å². The molecular weight excluding hydrogens is 264 g/mol. The lowest BCUT2D eigenvalue weighted by molar-refractivity contribution is -0.384. The third-order valence-electron chi connectivity index (χ3n) is 1.55. The molecule has 1 aromatic carbocycles. The molecule has 82 valence electrons. The van der Waals surface area contributed by atoms with Crippen molar-refractivity contribution in [2.75, 3.05) is 0 Å². The van der Waals surface area contributed by atoms with Crippen LogP contribution in [0.4, 0.5) is 5.69 Å². The van der Waals surface area contributed by atoms with Crippen LogP contribution in [0.15, 0.2) is 24.3 Å². The van der Waals surface area contributed by atoms with Gasteiger partial charge in [-0.1, -0.05) is 34.8 Å². The molecule has 15 heavy (non-hydrogen) atoms. The number of rotatable bonds is 3. The van der Waals surface area contributed by atoms with Gasteiger partial charge in [-0.25, -0.2) is 0 Å². The zero-order valence-corrected chi connectivity index (χ0v) is 9.59. The van der Waals surface area contributed by atoms with E-state index in [-0.39, 0.29) is 12.3 Å². The molecule has 0 bridgehead atoms. The van der Waals surface area contributed by atoms with E-state index >= 15 is 0 Å². The number of nitro benzene ring substituents is 1. The minimum absolute atomic E-state index is 0.00707. The molecule has 0 aliphatic heterocycles. The van der Waals surface area contributed by atoms with Crippen molar-refractivity contribution in [2.24, 2.45) is 0 Å². The average molecular weight is 270 g/mol. The molecule has 0 N–H and O–H groups in total. The summed E-state index contributed by atoms with van der Waals surface area (Å²) >= 11 is 16.1. The Kier molecular flexibility index (Phi) is 4.16. The molecule has 1 rings (SSSR count). The molecule has 7 heteroatoms. The van der Waals surface area contributed by atoms with Crippen molar-refractivity contribution >= 4 is 40.5 Å². The number of hydrogen-bond donors (Lipinski definition) is 0. The van der Waals surface area contributed by atoms with E-state index in [1.165, 1.54) is 24.3 Å². The third-order valence-corrected chi connectivity index (χ3v) is 1.88. The van der Waals surface area contributed by atoms with Gasteiger partial charge in [-0.3, -0.25) is 10.1 Å². The standard InChI is InChI=1S/C8H6Cl3NO3/c9-8(10,11)15-5-6-1-3-7(4-2-6)12(13)14/h1-4H,5H2. The van der Waals surface area contributed by atoms with Crippen LogP contribution >= 0.6 is 34.8 Å². The van der Waals surface area contributed by atoms with Gasteiger partial charge < -0.3 is 4.74 Å². The highest BCUT2D eigenvalue weighted by molar-refractivity contribution is 6.66. The molecule has 0 aliphatic carbocycles.